The van der Waals surface area contributed by atoms with Gasteiger partial charge in [0, 0.05) is 12.0 Å². The summed E-state index contributed by atoms with van der Waals surface area (Å²) in [7, 11) is 1.39. The van der Waals surface area contributed by atoms with E-state index in [1.54, 1.807) is 0 Å². The van der Waals surface area contributed by atoms with E-state index >= 15 is 0 Å². The summed E-state index contributed by atoms with van der Waals surface area (Å²) in [6.45, 7) is 8.77. The van der Waals surface area contributed by atoms with Crippen LogP contribution in [0.4, 0.5) is 0 Å². The summed E-state index contributed by atoms with van der Waals surface area (Å²) in [5.74, 6) is 0.719. The van der Waals surface area contributed by atoms with Crippen molar-refractivity contribution in [2.24, 2.45) is 4.99 Å². The van der Waals surface area contributed by atoms with E-state index in [0.29, 0.717) is 13.0 Å². The van der Waals surface area contributed by atoms with Crippen LogP contribution in [0.1, 0.15) is 40.5 Å². The van der Waals surface area contributed by atoms with Gasteiger partial charge in [0.2, 0.25) is 0 Å². The van der Waals surface area contributed by atoms with Crippen LogP contribution in [0.15, 0.2) is 4.99 Å². The second-order valence-corrected chi connectivity index (χ2v) is 4.38. The predicted molar refractivity (Wildman–Crippen MR) is 62.1 cm³/mol. The highest BCUT2D eigenvalue weighted by Gasteiger charge is 2.10. The lowest BCUT2D eigenvalue weighted by Crippen LogP contribution is -2.40. The Hall–Kier alpha value is -1.06. The van der Waals surface area contributed by atoms with E-state index in [9.17, 15) is 4.79 Å². The number of nitrogens with one attached hydrogen (secondary N) is 1. The molecule has 0 fully saturated rings. The lowest BCUT2D eigenvalue weighted by atomic mass is 10.1. The third kappa shape index (κ3) is 7.97. The SMILES string of the molecule is CCC(=NCCC(=O)OC)NC(C)(C)C. The summed E-state index contributed by atoms with van der Waals surface area (Å²) >= 11 is 0. The van der Waals surface area contributed by atoms with E-state index in [2.05, 4.69) is 35.8 Å². The lowest BCUT2D eigenvalue weighted by Gasteiger charge is -2.22. The predicted octanol–water partition coefficient (Wildman–Crippen LogP) is 1.75. The van der Waals surface area contributed by atoms with Crippen LogP contribution >= 0.6 is 0 Å². The fourth-order valence-corrected chi connectivity index (χ4v) is 1.06. The number of rotatable bonds is 4. The first-order valence-corrected chi connectivity index (χ1v) is 5.27. The standard InChI is InChI=1S/C11H22N2O2/c1-6-9(13-11(2,3)4)12-8-7-10(14)15-5/h6-8H2,1-5H3,(H,12,13). The highest BCUT2D eigenvalue weighted by Crippen LogP contribution is 2.00. The Morgan fingerprint density at radius 3 is 2.40 bits per heavy atom. The number of hydrogen-bond acceptors (Lipinski definition) is 3. The van der Waals surface area contributed by atoms with Gasteiger partial charge in [0.25, 0.3) is 0 Å². The molecule has 0 amide bonds. The molecule has 0 spiro atoms. The monoisotopic (exact) mass is 214 g/mol. The van der Waals surface area contributed by atoms with Crippen LogP contribution in [0.3, 0.4) is 0 Å². The minimum atomic E-state index is -0.218. The van der Waals surface area contributed by atoms with Crippen molar-refractivity contribution >= 4 is 11.8 Å². The topological polar surface area (TPSA) is 50.7 Å². The van der Waals surface area contributed by atoms with Gasteiger partial charge in [-0.25, -0.2) is 0 Å². The molecule has 0 radical (unpaired) electrons. The Kier molecular flexibility index (Phi) is 5.97. The second kappa shape index (κ2) is 6.43. The minimum absolute atomic E-state index is 0.0140. The van der Waals surface area contributed by atoms with Crippen molar-refractivity contribution < 1.29 is 9.53 Å². The molecule has 0 atom stereocenters. The molecule has 0 aliphatic heterocycles. The Bertz CT molecular complexity index is 229. The molecule has 0 aliphatic carbocycles. The van der Waals surface area contributed by atoms with Gasteiger partial charge in [0.1, 0.15) is 0 Å². The van der Waals surface area contributed by atoms with Gasteiger partial charge in [-0.15, -0.1) is 0 Å². The molecule has 1 N–H and O–H groups in total. The van der Waals surface area contributed by atoms with E-state index < -0.39 is 0 Å². The summed E-state index contributed by atoms with van der Waals surface area (Å²) in [6, 6.07) is 0. The molecule has 15 heavy (non-hydrogen) atoms. The fourth-order valence-electron chi connectivity index (χ4n) is 1.06. The van der Waals surface area contributed by atoms with E-state index in [0.717, 1.165) is 12.3 Å². The number of aliphatic imine (C=N–C) groups is 1. The number of carbonyl (C=O) groups is 1. The Morgan fingerprint density at radius 1 is 1.40 bits per heavy atom. The van der Waals surface area contributed by atoms with Gasteiger partial charge in [-0.3, -0.25) is 9.79 Å². The maximum Gasteiger partial charge on any atom is 0.307 e. The van der Waals surface area contributed by atoms with Crippen molar-refractivity contribution in [3.63, 3.8) is 0 Å². The maximum atomic E-state index is 10.9. The van der Waals surface area contributed by atoms with Gasteiger partial charge in [0.15, 0.2) is 0 Å². The molecular formula is C11H22N2O2. The van der Waals surface area contributed by atoms with Gasteiger partial charge in [-0.2, -0.15) is 0 Å². The number of hydrogen-bond donors (Lipinski definition) is 1. The molecular weight excluding hydrogens is 192 g/mol. The third-order valence-corrected chi connectivity index (χ3v) is 1.70. The summed E-state index contributed by atoms with van der Waals surface area (Å²) < 4.78 is 4.54. The molecule has 0 aromatic rings. The van der Waals surface area contributed by atoms with Crippen LogP contribution in [0.25, 0.3) is 0 Å². The smallest absolute Gasteiger partial charge is 0.307 e. The number of carbonyl (C=O) groups excluding carboxylic acids is 1. The Labute approximate surface area is 92.1 Å². The van der Waals surface area contributed by atoms with Crippen molar-refractivity contribution in [1.29, 1.82) is 0 Å². The van der Waals surface area contributed by atoms with E-state index in [4.69, 9.17) is 0 Å². The van der Waals surface area contributed by atoms with E-state index in [1.165, 1.54) is 7.11 Å². The molecule has 4 heteroatoms. The summed E-state index contributed by atoms with van der Waals surface area (Å²) in [4.78, 5) is 15.2. The number of nitrogens with zero attached hydrogens (tertiary/aromatic N) is 1. The fraction of sp³-hybridized carbons (Fsp3) is 0.818. The zero-order chi connectivity index (χ0) is 11.9. The molecule has 0 saturated heterocycles. The molecule has 88 valence electrons. The van der Waals surface area contributed by atoms with Gasteiger partial charge >= 0.3 is 5.97 Å². The van der Waals surface area contributed by atoms with Crippen molar-refractivity contribution in [1.82, 2.24) is 5.32 Å². The number of ether oxygens (including phenoxy) is 1. The normalized spacial score (nSPS) is 12.5. The molecule has 0 aromatic carbocycles. The average Bonchev–Trinajstić information content (AvgIpc) is 2.14. The summed E-state index contributed by atoms with van der Waals surface area (Å²) in [5, 5.41) is 3.30. The Morgan fingerprint density at radius 2 is 2.00 bits per heavy atom. The van der Waals surface area contributed by atoms with Crippen molar-refractivity contribution in [3.05, 3.63) is 0 Å². The molecule has 0 aromatic heterocycles. The summed E-state index contributed by atoms with van der Waals surface area (Å²) in [6.07, 6.45) is 1.18. The van der Waals surface area contributed by atoms with Gasteiger partial charge in [-0.05, 0) is 20.8 Å². The van der Waals surface area contributed by atoms with Gasteiger partial charge < -0.3 is 10.1 Å². The number of amidine groups is 1. The molecule has 0 heterocycles. The molecule has 0 saturated carbocycles. The first-order valence-electron chi connectivity index (χ1n) is 5.27. The third-order valence-electron chi connectivity index (χ3n) is 1.70. The van der Waals surface area contributed by atoms with E-state index in [-0.39, 0.29) is 11.5 Å². The molecule has 4 nitrogen and oxygen atoms in total. The first-order chi connectivity index (χ1) is 6.89. The number of esters is 1. The average molecular weight is 214 g/mol. The van der Waals surface area contributed by atoms with Crippen LogP contribution in [0, 0.1) is 0 Å². The van der Waals surface area contributed by atoms with Crippen LogP contribution < -0.4 is 5.32 Å². The molecule has 0 unspecified atom stereocenters. The van der Waals surface area contributed by atoms with Crippen LogP contribution in [-0.2, 0) is 9.53 Å². The van der Waals surface area contributed by atoms with Crippen molar-refractivity contribution in [3.8, 4) is 0 Å². The van der Waals surface area contributed by atoms with E-state index in [1.807, 2.05) is 6.92 Å². The largest absolute Gasteiger partial charge is 0.469 e. The second-order valence-electron chi connectivity index (χ2n) is 4.38. The molecule has 0 rings (SSSR count). The van der Waals surface area contributed by atoms with Crippen molar-refractivity contribution in [2.45, 2.75) is 46.1 Å². The van der Waals surface area contributed by atoms with Crippen LogP contribution in [0.5, 0.6) is 0 Å². The Balaban J connectivity index is 4.06. The van der Waals surface area contributed by atoms with Crippen LogP contribution in [-0.4, -0.2) is 31.0 Å². The first kappa shape index (κ1) is 13.9. The van der Waals surface area contributed by atoms with Crippen molar-refractivity contribution in [2.75, 3.05) is 13.7 Å². The molecule has 0 bridgehead atoms. The zero-order valence-electron chi connectivity index (χ0n) is 10.4. The van der Waals surface area contributed by atoms with Gasteiger partial charge in [-0.1, -0.05) is 6.92 Å². The van der Waals surface area contributed by atoms with Gasteiger partial charge in [0.05, 0.1) is 25.9 Å². The summed E-state index contributed by atoms with van der Waals surface area (Å²) in [5.41, 5.74) is 0.0140. The zero-order valence-corrected chi connectivity index (χ0v) is 10.4. The number of methoxy groups -OCH3 is 1. The van der Waals surface area contributed by atoms with Crippen LogP contribution in [0.2, 0.25) is 0 Å². The quantitative estimate of drug-likeness (QED) is 0.440. The lowest BCUT2D eigenvalue weighted by molar-refractivity contribution is -0.140. The molecule has 0 aliphatic rings. The highest BCUT2D eigenvalue weighted by molar-refractivity contribution is 5.82. The minimum Gasteiger partial charge on any atom is -0.469 e. The highest BCUT2D eigenvalue weighted by atomic mass is 16.5. The maximum absolute atomic E-state index is 10.9.